The van der Waals surface area contributed by atoms with E-state index < -0.39 is 0 Å². The summed E-state index contributed by atoms with van der Waals surface area (Å²) in [4.78, 5) is 14.3. The summed E-state index contributed by atoms with van der Waals surface area (Å²) in [6.07, 6.45) is 2.48. The van der Waals surface area contributed by atoms with Gasteiger partial charge < -0.3 is 16.0 Å². The van der Waals surface area contributed by atoms with Gasteiger partial charge in [-0.15, -0.1) is 0 Å². The fraction of sp³-hybridized carbons (Fsp3) is 0.462. The number of nitrogens with two attached hydrogens (primary N) is 1. The van der Waals surface area contributed by atoms with E-state index in [1.807, 2.05) is 0 Å². The first kappa shape index (κ1) is 14.4. The topological polar surface area (TPSA) is 58.4 Å². The van der Waals surface area contributed by atoms with Gasteiger partial charge >= 0.3 is 0 Å². The lowest BCUT2D eigenvalue weighted by molar-refractivity contribution is 0.0950. The maximum absolute atomic E-state index is 12.0. The van der Waals surface area contributed by atoms with E-state index in [1.165, 1.54) is 18.9 Å². The highest BCUT2D eigenvalue weighted by molar-refractivity contribution is 6.44. The first-order valence-electron chi connectivity index (χ1n) is 6.33. The fourth-order valence-corrected chi connectivity index (χ4v) is 2.63. The Kier molecular flexibility index (Phi) is 4.91. The van der Waals surface area contributed by atoms with Crippen LogP contribution in [0.5, 0.6) is 0 Å². The summed E-state index contributed by atoms with van der Waals surface area (Å²) in [6.45, 7) is 3.68. The van der Waals surface area contributed by atoms with Gasteiger partial charge in [0.15, 0.2) is 0 Å². The molecule has 0 spiro atoms. The van der Waals surface area contributed by atoms with Crippen LogP contribution in [0.15, 0.2) is 12.1 Å². The molecule has 0 aliphatic carbocycles. The molecule has 0 atom stereocenters. The van der Waals surface area contributed by atoms with E-state index in [0.29, 0.717) is 22.8 Å². The van der Waals surface area contributed by atoms with Crippen molar-refractivity contribution in [2.75, 3.05) is 31.9 Å². The first-order valence-corrected chi connectivity index (χ1v) is 7.08. The minimum absolute atomic E-state index is 0.238. The third-order valence-electron chi connectivity index (χ3n) is 3.21. The maximum atomic E-state index is 12.0. The Bertz CT molecular complexity index is 473. The largest absolute Gasteiger partial charge is 0.399 e. The van der Waals surface area contributed by atoms with Crippen molar-refractivity contribution in [3.8, 4) is 0 Å². The zero-order valence-electron chi connectivity index (χ0n) is 10.6. The lowest BCUT2D eigenvalue weighted by Gasteiger charge is -2.15. The minimum atomic E-state index is -0.238. The standard InChI is InChI=1S/C13H17Cl2N3O/c14-11-8-9(16)7-10(12(11)15)13(19)17-3-6-18-4-1-2-5-18/h7-8H,1-6,16H2,(H,17,19). The Morgan fingerprint density at radius 1 is 1.32 bits per heavy atom. The van der Waals surface area contributed by atoms with Crippen molar-refractivity contribution in [1.82, 2.24) is 10.2 Å². The van der Waals surface area contributed by atoms with E-state index in [2.05, 4.69) is 10.2 Å². The second-order valence-corrected chi connectivity index (χ2v) is 5.45. The normalized spacial score (nSPS) is 15.7. The van der Waals surface area contributed by atoms with Crippen molar-refractivity contribution in [2.45, 2.75) is 12.8 Å². The highest BCUT2D eigenvalue weighted by Crippen LogP contribution is 2.28. The molecule has 1 saturated heterocycles. The smallest absolute Gasteiger partial charge is 0.252 e. The molecule has 0 unspecified atom stereocenters. The number of hydrogen-bond donors (Lipinski definition) is 2. The van der Waals surface area contributed by atoms with Gasteiger partial charge in [0.25, 0.3) is 5.91 Å². The number of amides is 1. The number of nitrogens with zero attached hydrogens (tertiary/aromatic N) is 1. The van der Waals surface area contributed by atoms with E-state index in [-0.39, 0.29) is 10.9 Å². The minimum Gasteiger partial charge on any atom is -0.399 e. The third kappa shape index (κ3) is 3.75. The fourth-order valence-electron chi connectivity index (χ4n) is 2.20. The Hall–Kier alpha value is -0.970. The zero-order chi connectivity index (χ0) is 13.8. The lowest BCUT2D eigenvalue weighted by Crippen LogP contribution is -2.33. The summed E-state index contributed by atoms with van der Waals surface area (Å²) < 4.78 is 0. The number of likely N-dealkylation sites (tertiary alicyclic amines) is 1. The first-order chi connectivity index (χ1) is 9.08. The maximum Gasteiger partial charge on any atom is 0.252 e. The predicted octanol–water partition coefficient (Wildman–Crippen LogP) is 2.40. The van der Waals surface area contributed by atoms with Crippen LogP contribution in [0.4, 0.5) is 5.69 Å². The Morgan fingerprint density at radius 3 is 2.68 bits per heavy atom. The van der Waals surface area contributed by atoms with Gasteiger partial charge in [0.05, 0.1) is 15.6 Å². The molecule has 1 heterocycles. The number of hydrogen-bond acceptors (Lipinski definition) is 3. The van der Waals surface area contributed by atoms with E-state index in [0.717, 1.165) is 19.6 Å². The van der Waals surface area contributed by atoms with Crippen LogP contribution in [0.3, 0.4) is 0 Å². The van der Waals surface area contributed by atoms with Gasteiger partial charge in [-0.05, 0) is 38.1 Å². The van der Waals surface area contributed by atoms with Crippen molar-refractivity contribution >= 4 is 34.8 Å². The molecule has 3 N–H and O–H groups in total. The van der Waals surface area contributed by atoms with Gasteiger partial charge in [0, 0.05) is 18.8 Å². The van der Waals surface area contributed by atoms with Crippen molar-refractivity contribution in [3.63, 3.8) is 0 Å². The quantitative estimate of drug-likeness (QED) is 0.840. The average molecular weight is 302 g/mol. The second-order valence-electron chi connectivity index (χ2n) is 4.67. The molecule has 1 aliphatic heterocycles. The molecule has 0 saturated carbocycles. The molecule has 1 aliphatic rings. The molecule has 1 amide bonds. The van der Waals surface area contributed by atoms with Crippen molar-refractivity contribution in [1.29, 1.82) is 0 Å². The van der Waals surface area contributed by atoms with E-state index in [4.69, 9.17) is 28.9 Å². The van der Waals surface area contributed by atoms with Crippen molar-refractivity contribution in [2.24, 2.45) is 0 Å². The summed E-state index contributed by atoms with van der Waals surface area (Å²) in [7, 11) is 0. The predicted molar refractivity (Wildman–Crippen MR) is 78.9 cm³/mol. The molecule has 0 radical (unpaired) electrons. The Balaban J connectivity index is 1.92. The van der Waals surface area contributed by atoms with E-state index >= 15 is 0 Å². The molecular weight excluding hydrogens is 285 g/mol. The van der Waals surface area contributed by atoms with E-state index in [1.54, 1.807) is 6.07 Å². The van der Waals surface area contributed by atoms with Crippen LogP contribution in [-0.4, -0.2) is 37.0 Å². The average Bonchev–Trinajstić information content (AvgIpc) is 2.86. The molecule has 1 fully saturated rings. The Labute approximate surface area is 122 Å². The van der Waals surface area contributed by atoms with Crippen LogP contribution in [-0.2, 0) is 0 Å². The van der Waals surface area contributed by atoms with Gasteiger partial charge in [-0.2, -0.15) is 0 Å². The number of halogens is 2. The van der Waals surface area contributed by atoms with Gasteiger partial charge in [-0.3, -0.25) is 4.79 Å². The third-order valence-corrected chi connectivity index (χ3v) is 4.01. The second kappa shape index (κ2) is 6.46. The van der Waals surface area contributed by atoms with Gasteiger partial charge in [-0.1, -0.05) is 23.2 Å². The number of nitrogen functional groups attached to an aromatic ring is 1. The van der Waals surface area contributed by atoms with Gasteiger partial charge in [0.2, 0.25) is 0 Å². The van der Waals surface area contributed by atoms with Gasteiger partial charge in [0.1, 0.15) is 0 Å². The number of rotatable bonds is 4. The zero-order valence-corrected chi connectivity index (χ0v) is 12.1. The van der Waals surface area contributed by atoms with Crippen LogP contribution >= 0.6 is 23.2 Å². The molecule has 1 aromatic rings. The molecule has 19 heavy (non-hydrogen) atoms. The molecular formula is C13H17Cl2N3O. The molecule has 6 heteroatoms. The molecule has 0 bridgehead atoms. The number of carbonyl (C=O) groups excluding carboxylic acids is 1. The van der Waals surface area contributed by atoms with Crippen molar-refractivity contribution in [3.05, 3.63) is 27.7 Å². The monoisotopic (exact) mass is 301 g/mol. The lowest BCUT2D eigenvalue weighted by atomic mass is 10.2. The van der Waals surface area contributed by atoms with E-state index in [9.17, 15) is 4.79 Å². The summed E-state index contributed by atoms with van der Waals surface area (Å²) in [5, 5.41) is 3.38. The Morgan fingerprint density at radius 2 is 2.00 bits per heavy atom. The molecule has 0 aromatic heterocycles. The molecule has 4 nitrogen and oxygen atoms in total. The summed E-state index contributed by atoms with van der Waals surface area (Å²) in [5.41, 5.74) is 6.42. The van der Waals surface area contributed by atoms with Crippen LogP contribution in [0.2, 0.25) is 10.0 Å². The van der Waals surface area contributed by atoms with Crippen LogP contribution in [0.1, 0.15) is 23.2 Å². The number of carbonyl (C=O) groups is 1. The SMILES string of the molecule is Nc1cc(Cl)c(Cl)c(C(=O)NCCN2CCCC2)c1. The summed E-state index contributed by atoms with van der Waals surface area (Å²) >= 11 is 11.9. The summed E-state index contributed by atoms with van der Waals surface area (Å²) in [5.74, 6) is -0.238. The van der Waals surface area contributed by atoms with Crippen molar-refractivity contribution < 1.29 is 4.79 Å². The highest BCUT2D eigenvalue weighted by atomic mass is 35.5. The number of benzene rings is 1. The molecule has 2 rings (SSSR count). The van der Waals surface area contributed by atoms with Crippen LogP contribution in [0.25, 0.3) is 0 Å². The summed E-state index contributed by atoms with van der Waals surface area (Å²) in [6, 6.07) is 3.07. The molecule has 1 aromatic carbocycles. The van der Waals surface area contributed by atoms with Crippen LogP contribution < -0.4 is 11.1 Å². The molecule has 104 valence electrons. The van der Waals surface area contributed by atoms with Crippen LogP contribution in [0, 0.1) is 0 Å². The number of nitrogens with one attached hydrogen (secondary N) is 1. The number of anilines is 1. The van der Waals surface area contributed by atoms with Gasteiger partial charge in [-0.25, -0.2) is 0 Å². The highest BCUT2D eigenvalue weighted by Gasteiger charge is 2.15.